The summed E-state index contributed by atoms with van der Waals surface area (Å²) in [7, 11) is 0. The van der Waals surface area contributed by atoms with Crippen molar-refractivity contribution in [2.24, 2.45) is 0 Å². The molecule has 0 aliphatic carbocycles. The zero-order valence-electron chi connectivity index (χ0n) is 31.4. The van der Waals surface area contributed by atoms with Crippen LogP contribution in [-0.2, 0) is 29.1 Å². The van der Waals surface area contributed by atoms with Crippen LogP contribution in [0.15, 0.2) is 137 Å². The van der Waals surface area contributed by atoms with Crippen LogP contribution >= 0.6 is 55.4 Å². The third-order valence-electron chi connectivity index (χ3n) is 9.57. The third-order valence-corrected chi connectivity index (χ3v) is 13.2. The van der Waals surface area contributed by atoms with E-state index >= 15 is 0 Å². The van der Waals surface area contributed by atoms with Gasteiger partial charge in [-0.1, -0.05) is 25.3 Å². The van der Waals surface area contributed by atoms with Gasteiger partial charge in [0.15, 0.2) is 0 Å². The summed E-state index contributed by atoms with van der Waals surface area (Å²) in [5.41, 5.74) is 7.68. The zero-order valence-corrected chi connectivity index (χ0v) is 39.2. The molecule has 0 amide bonds. The molecular weight excluding hydrogens is 944 g/mol. The maximum Gasteiger partial charge on any atom is 0.201 e. The first-order valence-corrected chi connectivity index (χ1v) is 22.0. The number of halogens is 2. The van der Waals surface area contributed by atoms with Crippen LogP contribution in [0.5, 0.6) is 0 Å². The fourth-order valence-electron chi connectivity index (χ4n) is 6.82. The van der Waals surface area contributed by atoms with E-state index in [1.807, 2.05) is 115 Å². The van der Waals surface area contributed by atoms with E-state index in [1.165, 1.54) is 23.5 Å². The second-order valence-corrected chi connectivity index (χ2v) is 17.3. The van der Waals surface area contributed by atoms with Crippen LogP contribution in [0, 0.1) is 21.5 Å². The van der Waals surface area contributed by atoms with E-state index in [2.05, 4.69) is 36.8 Å². The Bertz CT molecular complexity index is 2180. The summed E-state index contributed by atoms with van der Waals surface area (Å²) in [4.78, 5) is 54.2. The predicted octanol–water partition coefficient (Wildman–Crippen LogP) is 10.6. The Labute approximate surface area is 377 Å². The molecule has 3 aliphatic rings. The molecular formula is C46H35Br2N5O2S2Zn. The fourth-order valence-corrected chi connectivity index (χ4v) is 9.54. The number of pyridine rings is 1. The number of thioether (sulfide) groups is 2. The molecule has 3 aliphatic heterocycles. The van der Waals surface area contributed by atoms with Crippen LogP contribution in [0.25, 0.3) is 0 Å². The average Bonchev–Trinajstić information content (AvgIpc) is 4.08. The number of carbonyl (C=O) groups is 2. The summed E-state index contributed by atoms with van der Waals surface area (Å²) < 4.78 is 0. The average molecular weight is 979 g/mol. The molecule has 10 bridgehead atoms. The molecule has 58 heavy (non-hydrogen) atoms. The molecule has 0 N–H and O–H groups in total. The van der Waals surface area contributed by atoms with Gasteiger partial charge in [-0.15, -0.1) is 0 Å². The minimum Gasteiger partial charge on any atom is -0.618 e. The molecule has 0 radical (unpaired) electrons. The van der Waals surface area contributed by atoms with Crippen molar-refractivity contribution < 1.29 is 29.1 Å². The maximum atomic E-state index is 13.3. The predicted molar refractivity (Wildman–Crippen MR) is 232 cm³/mol. The van der Waals surface area contributed by atoms with E-state index in [1.54, 1.807) is 12.4 Å². The first-order chi connectivity index (χ1) is 27.9. The molecule has 2 aromatic carbocycles. The topological polar surface area (TPSA) is 103 Å². The van der Waals surface area contributed by atoms with Crippen LogP contribution in [0.4, 0.5) is 0 Å². The molecule has 0 saturated heterocycles. The molecule has 12 heteroatoms. The van der Waals surface area contributed by atoms with Gasteiger partial charge in [-0.25, -0.2) is 0 Å². The normalized spacial score (nSPS) is 14.9. The first-order valence-electron chi connectivity index (χ1n) is 18.7. The summed E-state index contributed by atoms with van der Waals surface area (Å²) in [6.07, 6.45) is 9.02. The van der Waals surface area contributed by atoms with E-state index in [0.29, 0.717) is 12.8 Å². The third kappa shape index (κ3) is 9.64. The number of nitrogens with zero attached hydrogens (tertiary/aromatic N) is 5. The van der Waals surface area contributed by atoms with E-state index in [0.717, 1.165) is 120 Å². The molecule has 284 valence electrons. The molecule has 0 saturated carbocycles. The van der Waals surface area contributed by atoms with E-state index in [9.17, 15) is 9.59 Å². The van der Waals surface area contributed by atoms with Gasteiger partial charge in [-0.2, -0.15) is 0 Å². The number of rotatable bonds is 0. The summed E-state index contributed by atoms with van der Waals surface area (Å²) in [5, 5.41) is 0.255. The van der Waals surface area contributed by atoms with Gasteiger partial charge < -0.3 is 19.9 Å². The van der Waals surface area contributed by atoms with Gasteiger partial charge in [-0.3, -0.25) is 14.6 Å². The second kappa shape index (κ2) is 19.7. The molecule has 8 heterocycles. The van der Waals surface area contributed by atoms with Crippen LogP contribution < -0.4 is 19.9 Å². The molecule has 7 aromatic rings. The Kier molecular flexibility index (Phi) is 14.3. The number of carbonyl (C=O) groups excluding carboxylic acids is 2. The maximum absolute atomic E-state index is 13.3. The molecule has 10 rings (SSSR count). The van der Waals surface area contributed by atoms with E-state index in [4.69, 9.17) is 19.9 Å². The van der Waals surface area contributed by atoms with Crippen molar-refractivity contribution in [3.05, 3.63) is 206 Å². The van der Waals surface area contributed by atoms with Crippen LogP contribution in [0.1, 0.15) is 102 Å². The van der Waals surface area contributed by atoms with Gasteiger partial charge >= 0.3 is 0 Å². The summed E-state index contributed by atoms with van der Waals surface area (Å²) in [5.74, 6) is 1.69. The van der Waals surface area contributed by atoms with Crippen molar-refractivity contribution >= 4 is 65.6 Å². The molecule has 0 atom stereocenters. The van der Waals surface area contributed by atoms with Crippen molar-refractivity contribution in [3.63, 3.8) is 0 Å². The molecule has 0 spiro atoms. The van der Waals surface area contributed by atoms with Gasteiger partial charge in [-0.05, 0) is 108 Å². The SMILES string of the molecule is O=C1CCCCCCCC(=O)Sc2ccccc2[C+]2c3ccc([n-]3)[C+](Br)c3ccc([n-]3)[C+](c3ccc([n-]3)[C+](Br)c3ccc2[n-]3)c2ccccc2S1.[Zn].c1ccncc1. The van der Waals surface area contributed by atoms with Gasteiger partial charge in [0.2, 0.25) is 10.2 Å². The van der Waals surface area contributed by atoms with Gasteiger partial charge in [0.05, 0.1) is 30.6 Å². The quantitative estimate of drug-likeness (QED) is 0.109. The number of benzene rings is 2. The summed E-state index contributed by atoms with van der Waals surface area (Å²) in [6.45, 7) is 0. The molecule has 5 aromatic heterocycles. The van der Waals surface area contributed by atoms with Gasteiger partial charge in [0.25, 0.3) is 0 Å². The fraction of sp³-hybridized carbons (Fsp3) is 0.152. The molecule has 7 nitrogen and oxygen atoms in total. The van der Waals surface area contributed by atoms with E-state index in [-0.39, 0.29) is 29.7 Å². The van der Waals surface area contributed by atoms with Crippen molar-refractivity contribution in [1.29, 1.82) is 0 Å². The molecule has 0 unspecified atom stereocenters. The Hall–Kier alpha value is -4.19. The minimum atomic E-state index is 0. The van der Waals surface area contributed by atoms with Crippen molar-refractivity contribution in [3.8, 4) is 0 Å². The van der Waals surface area contributed by atoms with Crippen molar-refractivity contribution in [1.82, 2.24) is 24.9 Å². The Morgan fingerprint density at radius 1 is 0.448 bits per heavy atom. The largest absolute Gasteiger partial charge is 0.618 e. The Balaban J connectivity index is 0.000000672. The first kappa shape index (κ1) is 42.0. The minimum absolute atomic E-state index is 0. The van der Waals surface area contributed by atoms with E-state index < -0.39 is 0 Å². The van der Waals surface area contributed by atoms with Crippen molar-refractivity contribution in [2.45, 2.75) is 54.7 Å². The molecule has 0 fully saturated rings. The Morgan fingerprint density at radius 2 is 0.793 bits per heavy atom. The number of aromatic nitrogens is 5. The number of hydrogen-bond donors (Lipinski definition) is 0. The van der Waals surface area contributed by atoms with Crippen molar-refractivity contribution in [2.75, 3.05) is 0 Å². The smallest absolute Gasteiger partial charge is 0.201 e. The van der Waals surface area contributed by atoms with Crippen LogP contribution in [0.3, 0.4) is 0 Å². The standard InChI is InChI=1S/C41H30Br2N4O2S2.C5H5N.Zn/c42-40-30-20-16-26(44-30)38-24-10-6-8-12-34(24)50-36(48)14-4-2-1-3-5-15-37(49)51-35-13-9-7-11-25(35)39(28-18-22-32(40)46-28)29-19-23-33(47-29)41(43)31-21-17-27(38)45-31;1-2-4-6-5-3-1;/h6-13,16-23H,1-5,14-15H2;1-5H;. The van der Waals surface area contributed by atoms with Crippen LogP contribution in [0.2, 0.25) is 0 Å². The monoisotopic (exact) mass is 975 g/mol. The van der Waals surface area contributed by atoms with Crippen LogP contribution in [-0.4, -0.2) is 15.2 Å². The Morgan fingerprint density at radius 3 is 1.14 bits per heavy atom. The summed E-state index contributed by atoms with van der Waals surface area (Å²) in [6, 6.07) is 37.6. The number of hydrogen-bond acceptors (Lipinski definition) is 5. The summed E-state index contributed by atoms with van der Waals surface area (Å²) >= 11 is 10.2. The second-order valence-electron chi connectivity index (χ2n) is 13.5. The van der Waals surface area contributed by atoms with Gasteiger partial charge in [0.1, 0.15) is 0 Å². The van der Waals surface area contributed by atoms with Gasteiger partial charge in [0, 0.05) is 172 Å². The zero-order chi connectivity index (χ0) is 39.1. The number of fused-ring (bicyclic) bond motifs is 10.